The molecule has 0 heterocycles. The van der Waals surface area contributed by atoms with Crippen molar-refractivity contribution in [1.82, 2.24) is 0 Å². The van der Waals surface area contributed by atoms with Crippen LogP contribution in [0.4, 0.5) is 17.6 Å². The summed E-state index contributed by atoms with van der Waals surface area (Å²) < 4.78 is 53.8. The van der Waals surface area contributed by atoms with Crippen molar-refractivity contribution < 1.29 is 22.3 Å². The van der Waals surface area contributed by atoms with Crippen LogP contribution in [-0.2, 0) is 0 Å². The van der Waals surface area contributed by atoms with Gasteiger partial charge in [-0.05, 0) is 73.5 Å². The normalized spacial score (nSPS) is 30.3. The summed E-state index contributed by atoms with van der Waals surface area (Å²) >= 11 is 0. The molecule has 2 aliphatic rings. The molecule has 0 N–H and O–H groups in total. The monoisotopic (exact) mass is 328 g/mol. The SMILES string of the molecule is C=CCC1CC(C2CC(c3ccc(OC(F)(F)F)c(F)c3)C2)C1. The van der Waals surface area contributed by atoms with Gasteiger partial charge in [0.2, 0.25) is 0 Å². The maximum absolute atomic E-state index is 13.7. The predicted molar refractivity (Wildman–Crippen MR) is 79.6 cm³/mol. The zero-order chi connectivity index (χ0) is 16.6. The van der Waals surface area contributed by atoms with Crippen LogP contribution in [0.2, 0.25) is 0 Å². The number of halogens is 4. The van der Waals surface area contributed by atoms with Crippen molar-refractivity contribution in [2.75, 3.05) is 0 Å². The van der Waals surface area contributed by atoms with E-state index in [-0.39, 0.29) is 5.92 Å². The van der Waals surface area contributed by atoms with Crippen molar-refractivity contribution in [1.29, 1.82) is 0 Å². The molecule has 0 radical (unpaired) electrons. The Kier molecular flexibility index (Phi) is 4.39. The predicted octanol–water partition coefficient (Wildman–Crippen LogP) is 5.82. The van der Waals surface area contributed by atoms with E-state index in [1.54, 1.807) is 6.07 Å². The maximum Gasteiger partial charge on any atom is 0.573 e. The number of ether oxygens (including phenoxy) is 1. The fourth-order valence-corrected chi connectivity index (χ4v) is 3.90. The van der Waals surface area contributed by atoms with Gasteiger partial charge in [-0.3, -0.25) is 0 Å². The van der Waals surface area contributed by atoms with Crippen LogP contribution >= 0.6 is 0 Å². The van der Waals surface area contributed by atoms with E-state index in [9.17, 15) is 17.6 Å². The maximum atomic E-state index is 13.7. The highest BCUT2D eigenvalue weighted by molar-refractivity contribution is 5.32. The average molecular weight is 328 g/mol. The lowest BCUT2D eigenvalue weighted by Crippen LogP contribution is -2.36. The summed E-state index contributed by atoms with van der Waals surface area (Å²) in [5.74, 6) is 0.756. The Morgan fingerprint density at radius 1 is 1.13 bits per heavy atom. The Morgan fingerprint density at radius 3 is 2.35 bits per heavy atom. The number of alkyl halides is 3. The first kappa shape index (κ1) is 16.3. The number of hydrogen-bond donors (Lipinski definition) is 0. The number of allylic oxidation sites excluding steroid dienone is 1. The molecule has 0 unspecified atom stereocenters. The molecule has 0 saturated heterocycles. The van der Waals surface area contributed by atoms with Crippen LogP contribution in [0.5, 0.6) is 5.75 Å². The van der Waals surface area contributed by atoms with E-state index in [2.05, 4.69) is 11.3 Å². The lowest BCUT2D eigenvalue weighted by atomic mass is 9.57. The van der Waals surface area contributed by atoms with Gasteiger partial charge in [-0.15, -0.1) is 19.8 Å². The van der Waals surface area contributed by atoms with Gasteiger partial charge in [0.15, 0.2) is 11.6 Å². The lowest BCUT2D eigenvalue weighted by molar-refractivity contribution is -0.275. The standard InChI is InChI=1S/C18H20F4O/c1-2-3-11-6-13(7-11)15-8-14(9-15)12-4-5-17(16(19)10-12)23-18(20,21)22/h2,4-5,10-11,13-15H,1,3,6-9H2. The Balaban J connectivity index is 1.52. The van der Waals surface area contributed by atoms with Crippen LogP contribution < -0.4 is 4.74 Å². The zero-order valence-electron chi connectivity index (χ0n) is 12.8. The first-order chi connectivity index (χ1) is 10.9. The summed E-state index contributed by atoms with van der Waals surface area (Å²) in [6, 6.07) is 3.81. The third kappa shape index (κ3) is 3.70. The Labute approximate surface area is 133 Å². The molecule has 1 aromatic carbocycles. The van der Waals surface area contributed by atoms with E-state index in [0.29, 0.717) is 5.92 Å². The van der Waals surface area contributed by atoms with Crippen LogP contribution in [0.25, 0.3) is 0 Å². The van der Waals surface area contributed by atoms with Crippen LogP contribution in [-0.4, -0.2) is 6.36 Å². The fraction of sp³-hybridized carbons (Fsp3) is 0.556. The second kappa shape index (κ2) is 6.17. The largest absolute Gasteiger partial charge is 0.573 e. The van der Waals surface area contributed by atoms with E-state index in [4.69, 9.17) is 0 Å². The van der Waals surface area contributed by atoms with Gasteiger partial charge in [0.25, 0.3) is 0 Å². The summed E-state index contributed by atoms with van der Waals surface area (Å²) in [6.45, 7) is 3.76. The molecule has 23 heavy (non-hydrogen) atoms. The molecule has 0 aliphatic heterocycles. The molecular formula is C18H20F4O. The molecule has 1 aromatic rings. The molecule has 0 amide bonds. The van der Waals surface area contributed by atoms with Gasteiger partial charge in [-0.1, -0.05) is 12.1 Å². The summed E-state index contributed by atoms with van der Waals surface area (Å²) in [4.78, 5) is 0. The van der Waals surface area contributed by atoms with Gasteiger partial charge < -0.3 is 4.74 Å². The second-order valence-electron chi connectivity index (χ2n) is 6.79. The highest BCUT2D eigenvalue weighted by Crippen LogP contribution is 2.53. The molecule has 2 saturated carbocycles. The quantitative estimate of drug-likeness (QED) is 0.489. The molecule has 126 valence electrons. The van der Waals surface area contributed by atoms with Gasteiger partial charge in [0, 0.05) is 0 Å². The highest BCUT2D eigenvalue weighted by Gasteiger charge is 2.41. The molecule has 0 bridgehead atoms. The highest BCUT2D eigenvalue weighted by atomic mass is 19.4. The van der Waals surface area contributed by atoms with Gasteiger partial charge in [0.1, 0.15) is 0 Å². The molecule has 2 fully saturated rings. The van der Waals surface area contributed by atoms with Crippen LogP contribution in [0.3, 0.4) is 0 Å². The fourth-order valence-electron chi connectivity index (χ4n) is 3.90. The minimum atomic E-state index is -4.86. The lowest BCUT2D eigenvalue weighted by Gasteiger charge is -2.48. The summed E-state index contributed by atoms with van der Waals surface area (Å²) in [6.07, 6.45) is 2.69. The van der Waals surface area contributed by atoms with Crippen LogP contribution in [0.1, 0.15) is 43.6 Å². The summed E-state index contributed by atoms with van der Waals surface area (Å²) in [7, 11) is 0. The molecule has 0 spiro atoms. The summed E-state index contributed by atoms with van der Waals surface area (Å²) in [5.41, 5.74) is 0.773. The Morgan fingerprint density at radius 2 is 1.78 bits per heavy atom. The third-order valence-corrected chi connectivity index (χ3v) is 5.27. The van der Waals surface area contributed by atoms with E-state index in [1.807, 2.05) is 6.08 Å². The molecule has 1 nitrogen and oxygen atoms in total. The molecule has 3 rings (SSSR count). The topological polar surface area (TPSA) is 9.23 Å². The molecular weight excluding hydrogens is 308 g/mol. The van der Waals surface area contributed by atoms with Gasteiger partial charge >= 0.3 is 6.36 Å². The summed E-state index contributed by atoms with van der Waals surface area (Å²) in [5, 5.41) is 0. The average Bonchev–Trinajstić information content (AvgIpc) is 2.35. The zero-order valence-corrected chi connectivity index (χ0v) is 12.8. The van der Waals surface area contributed by atoms with E-state index < -0.39 is 17.9 Å². The third-order valence-electron chi connectivity index (χ3n) is 5.27. The van der Waals surface area contributed by atoms with Crippen molar-refractivity contribution >= 4 is 0 Å². The van der Waals surface area contributed by atoms with Gasteiger partial charge in [-0.25, -0.2) is 4.39 Å². The van der Waals surface area contributed by atoms with Crippen molar-refractivity contribution in [3.05, 3.63) is 42.2 Å². The minimum Gasteiger partial charge on any atom is -0.403 e. The molecule has 0 atom stereocenters. The van der Waals surface area contributed by atoms with Crippen molar-refractivity contribution in [3.8, 4) is 5.75 Å². The van der Waals surface area contributed by atoms with Crippen molar-refractivity contribution in [3.63, 3.8) is 0 Å². The van der Waals surface area contributed by atoms with Gasteiger partial charge in [-0.2, -0.15) is 0 Å². The van der Waals surface area contributed by atoms with Crippen molar-refractivity contribution in [2.24, 2.45) is 17.8 Å². The first-order valence-corrected chi connectivity index (χ1v) is 8.01. The molecule has 5 heteroatoms. The minimum absolute atomic E-state index is 0.257. The Bertz CT molecular complexity index is 569. The number of benzene rings is 1. The van der Waals surface area contributed by atoms with Crippen LogP contribution in [0, 0.1) is 23.6 Å². The molecule has 2 aliphatic carbocycles. The van der Waals surface area contributed by atoms with E-state index >= 15 is 0 Å². The van der Waals surface area contributed by atoms with Gasteiger partial charge in [0.05, 0.1) is 0 Å². The number of hydrogen-bond acceptors (Lipinski definition) is 1. The molecule has 0 aromatic heterocycles. The van der Waals surface area contributed by atoms with E-state index in [1.165, 1.54) is 18.9 Å². The van der Waals surface area contributed by atoms with E-state index in [0.717, 1.165) is 42.7 Å². The number of rotatable bonds is 5. The van der Waals surface area contributed by atoms with Crippen molar-refractivity contribution in [2.45, 2.75) is 44.4 Å². The smallest absolute Gasteiger partial charge is 0.403 e. The van der Waals surface area contributed by atoms with Crippen LogP contribution in [0.15, 0.2) is 30.9 Å². The first-order valence-electron chi connectivity index (χ1n) is 8.01. The Hall–Kier alpha value is -1.52. The second-order valence-corrected chi connectivity index (χ2v) is 6.79.